The molecule has 9 heteroatoms. The number of alkyl halides is 2. The number of halogens is 2. The number of fused-ring (bicyclic) bond motifs is 1. The van der Waals surface area contributed by atoms with Gasteiger partial charge in [-0.2, -0.15) is 8.78 Å². The first-order chi connectivity index (χ1) is 14.0. The fourth-order valence-electron chi connectivity index (χ4n) is 3.66. The zero-order chi connectivity index (χ0) is 22.2. The van der Waals surface area contributed by atoms with Crippen molar-refractivity contribution in [2.45, 2.75) is 70.7 Å². The second kappa shape index (κ2) is 8.90. The van der Waals surface area contributed by atoms with Gasteiger partial charge in [-0.05, 0) is 59.1 Å². The first-order valence-electron chi connectivity index (χ1n) is 10.1. The average molecular weight is 442 g/mol. The number of hydrogen-bond acceptors (Lipinski definition) is 5. The molecule has 0 aliphatic carbocycles. The summed E-state index contributed by atoms with van der Waals surface area (Å²) in [6.45, 7) is 7.15. The van der Waals surface area contributed by atoms with E-state index in [1.165, 1.54) is 0 Å². The van der Waals surface area contributed by atoms with Gasteiger partial charge in [-0.15, -0.1) is 4.72 Å². The molecule has 1 N–H and O–H groups in total. The average Bonchev–Trinajstić information content (AvgIpc) is 2.67. The lowest BCUT2D eigenvalue weighted by atomic mass is 9.97. The number of ether oxygens (including phenoxy) is 1. The highest BCUT2D eigenvalue weighted by atomic mass is 32.2. The van der Waals surface area contributed by atoms with Crippen molar-refractivity contribution in [2.75, 3.05) is 13.2 Å². The summed E-state index contributed by atoms with van der Waals surface area (Å²) < 4.78 is 48.8. The highest BCUT2D eigenvalue weighted by Gasteiger charge is 2.31. The van der Waals surface area contributed by atoms with Crippen LogP contribution in [0.4, 0.5) is 8.78 Å². The van der Waals surface area contributed by atoms with Gasteiger partial charge in [0.1, 0.15) is 10.6 Å². The third-order valence-corrected chi connectivity index (χ3v) is 6.97. The van der Waals surface area contributed by atoms with Gasteiger partial charge in [-0.25, -0.2) is 9.55 Å². The van der Waals surface area contributed by atoms with Crippen LogP contribution in [0.3, 0.4) is 0 Å². The number of nitrogens with zero attached hydrogens (tertiary/aromatic N) is 2. The Kier molecular flexibility index (Phi) is 6.86. The summed E-state index contributed by atoms with van der Waals surface area (Å²) in [5.41, 5.74) is 1.07. The van der Waals surface area contributed by atoms with Crippen LogP contribution in [-0.2, 0) is 16.1 Å². The van der Waals surface area contributed by atoms with E-state index in [1.54, 1.807) is 13.0 Å². The molecule has 1 aliphatic rings. The van der Waals surface area contributed by atoms with Crippen molar-refractivity contribution >= 4 is 22.3 Å². The molecule has 2 atom stereocenters. The van der Waals surface area contributed by atoms with E-state index in [9.17, 15) is 18.1 Å². The summed E-state index contributed by atoms with van der Waals surface area (Å²) >= 11 is -1.34. The van der Waals surface area contributed by atoms with Crippen molar-refractivity contribution < 1.29 is 18.1 Å². The molecule has 1 fully saturated rings. The highest BCUT2D eigenvalue weighted by molar-refractivity contribution is 7.90. The molecular formula is C21H29F2N3O3S. The number of hydrogen-bond donors (Lipinski definition) is 1. The first-order valence-corrected chi connectivity index (χ1v) is 11.3. The van der Waals surface area contributed by atoms with Crippen LogP contribution < -0.4 is 10.3 Å². The quantitative estimate of drug-likeness (QED) is 0.707. The van der Waals surface area contributed by atoms with E-state index in [2.05, 4.69) is 9.71 Å². The van der Waals surface area contributed by atoms with Crippen LogP contribution in [0.1, 0.15) is 76.0 Å². The van der Waals surface area contributed by atoms with Crippen molar-refractivity contribution in [3.63, 3.8) is 0 Å². The Morgan fingerprint density at radius 1 is 1.30 bits per heavy atom. The van der Waals surface area contributed by atoms with E-state index >= 15 is 0 Å². The van der Waals surface area contributed by atoms with E-state index in [1.807, 2.05) is 33.8 Å². The lowest BCUT2D eigenvalue weighted by Crippen LogP contribution is -2.40. The molecule has 3 rings (SSSR count). The minimum Gasteiger partial charge on any atom is -0.598 e. The number of nitrogens with one attached hydrogen (secondary N) is 1. The number of rotatable bonds is 5. The SMILES string of the molecule is Cc1cc([C@@H](C)N[S+]([O-])C(C)(C)C)c2nc(C3CCOCC3)n(C(F)F)c(=O)c2c1. The Morgan fingerprint density at radius 2 is 1.93 bits per heavy atom. The Bertz CT molecular complexity index is 969. The first kappa shape index (κ1) is 23.1. The van der Waals surface area contributed by atoms with Crippen LogP contribution in [0.2, 0.25) is 0 Å². The lowest BCUT2D eigenvalue weighted by Gasteiger charge is -2.28. The number of benzene rings is 1. The zero-order valence-corrected chi connectivity index (χ0v) is 18.8. The van der Waals surface area contributed by atoms with Crippen molar-refractivity contribution in [2.24, 2.45) is 0 Å². The largest absolute Gasteiger partial charge is 0.598 e. The predicted molar refractivity (Wildman–Crippen MR) is 114 cm³/mol. The molecule has 1 aliphatic heterocycles. The fourth-order valence-corrected chi connectivity index (χ4v) is 4.46. The molecule has 2 aromatic rings. The molecule has 0 spiro atoms. The molecular weight excluding hydrogens is 412 g/mol. The molecule has 0 amide bonds. The predicted octanol–water partition coefficient (Wildman–Crippen LogP) is 4.11. The minimum atomic E-state index is -2.97. The van der Waals surface area contributed by atoms with Gasteiger partial charge in [0, 0.05) is 36.1 Å². The summed E-state index contributed by atoms with van der Waals surface area (Å²) in [6.07, 6.45) is 1.07. The summed E-state index contributed by atoms with van der Waals surface area (Å²) in [4.78, 5) is 17.7. The number of aryl methyl sites for hydroxylation is 1. The van der Waals surface area contributed by atoms with E-state index < -0.39 is 28.2 Å². The van der Waals surface area contributed by atoms with Crippen molar-refractivity contribution in [3.05, 3.63) is 39.4 Å². The molecule has 1 aromatic heterocycles. The Balaban J connectivity index is 2.19. The van der Waals surface area contributed by atoms with Gasteiger partial charge in [-0.3, -0.25) is 4.79 Å². The molecule has 30 heavy (non-hydrogen) atoms. The fraction of sp³-hybridized carbons (Fsp3) is 0.619. The standard InChI is InChI=1S/C21H29F2N3O3S/c1-12-10-15(13(2)25-30(28)21(3,4)5)17-16(11-12)19(27)26(20(22)23)18(24-17)14-6-8-29-9-7-14/h10-11,13-14,20,25H,6-9H2,1-5H3/t13-,30?/m1/s1. The molecule has 1 aromatic carbocycles. The van der Waals surface area contributed by atoms with Gasteiger partial charge in [0.2, 0.25) is 0 Å². The van der Waals surface area contributed by atoms with Gasteiger partial charge in [0.15, 0.2) is 0 Å². The molecule has 0 saturated carbocycles. The second-order valence-electron chi connectivity index (χ2n) is 8.78. The summed E-state index contributed by atoms with van der Waals surface area (Å²) in [6, 6.07) is 3.07. The maximum Gasteiger partial charge on any atom is 0.322 e. The second-order valence-corrected chi connectivity index (χ2v) is 10.8. The molecule has 0 bridgehead atoms. The molecule has 6 nitrogen and oxygen atoms in total. The molecule has 1 saturated heterocycles. The summed E-state index contributed by atoms with van der Waals surface area (Å²) in [5.74, 6) is -0.175. The van der Waals surface area contributed by atoms with E-state index in [0.29, 0.717) is 41.7 Å². The third kappa shape index (κ3) is 4.69. The highest BCUT2D eigenvalue weighted by Crippen LogP contribution is 2.31. The molecule has 1 unspecified atom stereocenters. The maximum absolute atomic E-state index is 13.9. The molecule has 0 radical (unpaired) electrons. The van der Waals surface area contributed by atoms with Crippen LogP contribution in [0.15, 0.2) is 16.9 Å². The molecule has 2 heterocycles. The normalized spacial score (nSPS) is 18.2. The van der Waals surface area contributed by atoms with E-state index in [-0.39, 0.29) is 23.2 Å². The van der Waals surface area contributed by atoms with Crippen molar-refractivity contribution in [1.82, 2.24) is 14.3 Å². The third-order valence-electron chi connectivity index (χ3n) is 5.29. The van der Waals surface area contributed by atoms with Crippen molar-refractivity contribution in [3.8, 4) is 0 Å². The van der Waals surface area contributed by atoms with Crippen LogP contribution in [0.25, 0.3) is 10.9 Å². The Labute approximate surface area is 178 Å². The zero-order valence-electron chi connectivity index (χ0n) is 18.0. The van der Waals surface area contributed by atoms with Crippen LogP contribution in [0.5, 0.6) is 0 Å². The van der Waals surface area contributed by atoms with Gasteiger partial charge < -0.3 is 9.29 Å². The lowest BCUT2D eigenvalue weighted by molar-refractivity contribution is 0.0503. The summed E-state index contributed by atoms with van der Waals surface area (Å²) in [7, 11) is 0. The maximum atomic E-state index is 13.9. The van der Waals surface area contributed by atoms with Crippen LogP contribution in [-0.4, -0.2) is 32.1 Å². The van der Waals surface area contributed by atoms with Crippen LogP contribution >= 0.6 is 0 Å². The summed E-state index contributed by atoms with van der Waals surface area (Å²) in [5, 5.41) is 0.149. The van der Waals surface area contributed by atoms with Crippen molar-refractivity contribution in [1.29, 1.82) is 0 Å². The Hall–Kier alpha value is -1.55. The van der Waals surface area contributed by atoms with Gasteiger partial charge >= 0.3 is 6.55 Å². The minimum absolute atomic E-state index is 0.0973. The van der Waals surface area contributed by atoms with E-state index in [4.69, 9.17) is 4.74 Å². The number of aromatic nitrogens is 2. The van der Waals surface area contributed by atoms with Gasteiger partial charge in [0.25, 0.3) is 5.56 Å². The van der Waals surface area contributed by atoms with E-state index in [0.717, 1.165) is 5.56 Å². The van der Waals surface area contributed by atoms with Gasteiger partial charge in [-0.1, -0.05) is 6.07 Å². The van der Waals surface area contributed by atoms with Gasteiger partial charge in [0.05, 0.1) is 16.9 Å². The topological polar surface area (TPSA) is 79.2 Å². The van der Waals surface area contributed by atoms with Crippen LogP contribution in [0, 0.1) is 6.92 Å². The smallest absolute Gasteiger partial charge is 0.322 e. The monoisotopic (exact) mass is 441 g/mol. The Morgan fingerprint density at radius 3 is 2.50 bits per heavy atom. The molecule has 166 valence electrons.